The van der Waals surface area contributed by atoms with Gasteiger partial charge in [-0.05, 0) is 17.9 Å². The van der Waals surface area contributed by atoms with E-state index < -0.39 is 5.97 Å². The Kier molecular flexibility index (Phi) is 5.80. The minimum atomic E-state index is -0.446. The third-order valence-corrected chi connectivity index (χ3v) is 3.31. The van der Waals surface area contributed by atoms with Gasteiger partial charge in [0, 0.05) is 12.5 Å². The van der Waals surface area contributed by atoms with Gasteiger partial charge in [-0.2, -0.15) is 0 Å². The van der Waals surface area contributed by atoms with Crippen LogP contribution in [0.3, 0.4) is 0 Å². The molecule has 6 heteroatoms. The number of thiophene rings is 1. The molecule has 0 aliphatic rings. The zero-order valence-electron chi connectivity index (χ0n) is 10.6. The van der Waals surface area contributed by atoms with Gasteiger partial charge in [0.1, 0.15) is 4.88 Å². The number of esters is 1. The lowest BCUT2D eigenvalue weighted by Crippen LogP contribution is -2.27. The van der Waals surface area contributed by atoms with E-state index in [1.165, 1.54) is 18.4 Å². The van der Waals surface area contributed by atoms with Crippen molar-refractivity contribution < 1.29 is 14.3 Å². The van der Waals surface area contributed by atoms with E-state index in [2.05, 4.69) is 10.1 Å². The third-order valence-electron chi connectivity index (χ3n) is 2.42. The van der Waals surface area contributed by atoms with Crippen molar-refractivity contribution in [3.63, 3.8) is 0 Å². The molecule has 1 aromatic rings. The molecule has 0 fully saturated rings. The average molecular weight is 270 g/mol. The van der Waals surface area contributed by atoms with Gasteiger partial charge in [-0.25, -0.2) is 4.79 Å². The summed E-state index contributed by atoms with van der Waals surface area (Å²) in [5.74, 6) is -0.627. The Morgan fingerprint density at radius 2 is 2.28 bits per heavy atom. The van der Waals surface area contributed by atoms with Gasteiger partial charge in [0.25, 0.3) is 0 Å². The molecule has 0 aromatic carbocycles. The third kappa shape index (κ3) is 4.12. The van der Waals surface area contributed by atoms with Crippen LogP contribution in [0.1, 0.15) is 35.9 Å². The van der Waals surface area contributed by atoms with Gasteiger partial charge in [-0.1, -0.05) is 13.3 Å². The summed E-state index contributed by atoms with van der Waals surface area (Å²) in [6, 6.07) is 1.54. The highest BCUT2D eigenvalue weighted by atomic mass is 32.1. The lowest BCUT2D eigenvalue weighted by Gasteiger charge is -2.10. The van der Waals surface area contributed by atoms with Crippen molar-refractivity contribution in [2.75, 3.05) is 12.4 Å². The molecule has 3 N–H and O–H groups in total. The fourth-order valence-electron chi connectivity index (χ4n) is 1.57. The molecule has 1 aromatic heterocycles. The van der Waals surface area contributed by atoms with Gasteiger partial charge in [-0.15, -0.1) is 11.3 Å². The smallest absolute Gasteiger partial charge is 0.350 e. The normalized spacial score (nSPS) is 11.9. The van der Waals surface area contributed by atoms with Crippen molar-refractivity contribution in [3.8, 4) is 0 Å². The van der Waals surface area contributed by atoms with Crippen LogP contribution in [0.4, 0.5) is 5.69 Å². The first-order valence-electron chi connectivity index (χ1n) is 5.79. The summed E-state index contributed by atoms with van der Waals surface area (Å²) in [4.78, 5) is 23.5. The van der Waals surface area contributed by atoms with E-state index in [1.807, 2.05) is 6.92 Å². The zero-order chi connectivity index (χ0) is 13.5. The van der Waals surface area contributed by atoms with E-state index in [4.69, 9.17) is 5.73 Å². The molecule has 0 spiro atoms. The molecule has 1 heterocycles. The Morgan fingerprint density at radius 1 is 1.56 bits per heavy atom. The molecule has 5 nitrogen and oxygen atoms in total. The van der Waals surface area contributed by atoms with Crippen LogP contribution in [0, 0.1) is 0 Å². The number of methoxy groups -OCH3 is 1. The molecule has 0 bridgehead atoms. The van der Waals surface area contributed by atoms with E-state index in [-0.39, 0.29) is 18.4 Å². The summed E-state index contributed by atoms with van der Waals surface area (Å²) in [6.07, 6.45) is 2.01. The number of carbonyl (C=O) groups is 2. The summed E-state index contributed by atoms with van der Waals surface area (Å²) in [5, 5.41) is 4.42. The summed E-state index contributed by atoms with van der Waals surface area (Å²) in [5.41, 5.74) is 6.27. The zero-order valence-corrected chi connectivity index (χ0v) is 11.4. The fourth-order valence-corrected chi connectivity index (χ4v) is 2.34. The van der Waals surface area contributed by atoms with Crippen molar-refractivity contribution in [2.24, 2.45) is 5.73 Å². The maximum atomic E-state index is 11.7. The van der Waals surface area contributed by atoms with Gasteiger partial charge in [0.2, 0.25) is 5.91 Å². The van der Waals surface area contributed by atoms with Crippen LogP contribution in [0.15, 0.2) is 11.4 Å². The van der Waals surface area contributed by atoms with E-state index in [9.17, 15) is 9.59 Å². The molecular formula is C12H18N2O3S. The predicted molar refractivity (Wildman–Crippen MR) is 71.8 cm³/mol. The molecular weight excluding hydrogens is 252 g/mol. The second-order valence-electron chi connectivity index (χ2n) is 3.96. The largest absolute Gasteiger partial charge is 0.465 e. The molecule has 1 rings (SSSR count). The molecule has 1 unspecified atom stereocenters. The first kappa shape index (κ1) is 14.7. The second kappa shape index (κ2) is 7.13. The van der Waals surface area contributed by atoms with Crippen molar-refractivity contribution in [2.45, 2.75) is 32.2 Å². The van der Waals surface area contributed by atoms with Gasteiger partial charge >= 0.3 is 5.97 Å². The van der Waals surface area contributed by atoms with E-state index in [1.54, 1.807) is 11.4 Å². The Hall–Kier alpha value is -1.40. The van der Waals surface area contributed by atoms with Gasteiger partial charge in [0.05, 0.1) is 12.8 Å². The Morgan fingerprint density at radius 3 is 2.89 bits per heavy atom. The molecule has 1 atom stereocenters. The van der Waals surface area contributed by atoms with Gasteiger partial charge in [0.15, 0.2) is 0 Å². The number of nitrogens with two attached hydrogens (primary N) is 1. The minimum Gasteiger partial charge on any atom is -0.465 e. The number of ether oxygens (including phenoxy) is 1. The summed E-state index contributed by atoms with van der Waals surface area (Å²) < 4.78 is 4.63. The van der Waals surface area contributed by atoms with E-state index in [0.717, 1.165) is 12.8 Å². The van der Waals surface area contributed by atoms with Crippen LogP contribution < -0.4 is 11.1 Å². The number of carbonyl (C=O) groups excluding carboxylic acids is 2. The lowest BCUT2D eigenvalue weighted by molar-refractivity contribution is -0.116. The standard InChI is InChI=1S/C12H18N2O3S/c1-3-4-8(13)7-10(15)14-9-5-6-18-11(9)12(16)17-2/h5-6,8H,3-4,7,13H2,1-2H3,(H,14,15). The summed E-state index contributed by atoms with van der Waals surface area (Å²) in [7, 11) is 1.31. The first-order chi connectivity index (χ1) is 8.58. The average Bonchev–Trinajstić information content (AvgIpc) is 2.76. The van der Waals surface area contributed by atoms with Crippen LogP contribution in [0.5, 0.6) is 0 Å². The SMILES string of the molecule is CCCC(N)CC(=O)Nc1ccsc1C(=O)OC. The summed E-state index contributed by atoms with van der Waals surface area (Å²) >= 11 is 1.23. The van der Waals surface area contributed by atoms with Crippen LogP contribution in [-0.2, 0) is 9.53 Å². The maximum Gasteiger partial charge on any atom is 0.350 e. The molecule has 100 valence electrons. The number of nitrogens with one attached hydrogen (secondary N) is 1. The van der Waals surface area contributed by atoms with Crippen molar-refractivity contribution in [1.29, 1.82) is 0 Å². The summed E-state index contributed by atoms with van der Waals surface area (Å²) in [6.45, 7) is 2.02. The topological polar surface area (TPSA) is 81.4 Å². The lowest BCUT2D eigenvalue weighted by atomic mass is 10.1. The number of rotatable bonds is 6. The van der Waals surface area contributed by atoms with E-state index in [0.29, 0.717) is 10.6 Å². The quantitative estimate of drug-likeness (QED) is 0.775. The monoisotopic (exact) mass is 270 g/mol. The highest BCUT2D eigenvalue weighted by molar-refractivity contribution is 7.12. The predicted octanol–water partition coefficient (Wildman–Crippen LogP) is 1.99. The van der Waals surface area contributed by atoms with Gasteiger partial charge in [-0.3, -0.25) is 4.79 Å². The Labute approximate surface area is 110 Å². The molecule has 0 saturated carbocycles. The number of anilines is 1. The second-order valence-corrected chi connectivity index (χ2v) is 4.87. The van der Waals surface area contributed by atoms with Crippen molar-refractivity contribution in [1.82, 2.24) is 0 Å². The van der Waals surface area contributed by atoms with Gasteiger partial charge < -0.3 is 15.8 Å². The fraction of sp³-hybridized carbons (Fsp3) is 0.500. The molecule has 1 amide bonds. The molecule has 0 saturated heterocycles. The van der Waals surface area contributed by atoms with E-state index >= 15 is 0 Å². The number of amides is 1. The highest BCUT2D eigenvalue weighted by Gasteiger charge is 2.16. The molecule has 0 aliphatic heterocycles. The molecule has 0 radical (unpaired) electrons. The van der Waals surface area contributed by atoms with Crippen LogP contribution in [0.25, 0.3) is 0 Å². The Bertz CT molecular complexity index is 417. The van der Waals surface area contributed by atoms with Crippen LogP contribution in [0.2, 0.25) is 0 Å². The number of hydrogen-bond acceptors (Lipinski definition) is 5. The molecule has 18 heavy (non-hydrogen) atoms. The molecule has 0 aliphatic carbocycles. The van der Waals surface area contributed by atoms with Crippen LogP contribution in [-0.4, -0.2) is 25.0 Å². The maximum absolute atomic E-state index is 11.7. The minimum absolute atomic E-state index is 0.143. The van der Waals surface area contributed by atoms with Crippen LogP contribution >= 0.6 is 11.3 Å². The van der Waals surface area contributed by atoms with Crippen molar-refractivity contribution >= 4 is 28.9 Å². The van der Waals surface area contributed by atoms with Crippen molar-refractivity contribution in [3.05, 3.63) is 16.3 Å². The Balaban J connectivity index is 2.59. The number of hydrogen-bond donors (Lipinski definition) is 2. The highest BCUT2D eigenvalue weighted by Crippen LogP contribution is 2.23. The first-order valence-corrected chi connectivity index (χ1v) is 6.67.